The summed E-state index contributed by atoms with van der Waals surface area (Å²) in [5, 5.41) is 37.2. The van der Waals surface area contributed by atoms with E-state index >= 15 is 0 Å². The molecule has 0 aliphatic carbocycles. The van der Waals surface area contributed by atoms with Crippen LogP contribution in [0.15, 0.2) is 0 Å². The van der Waals surface area contributed by atoms with Gasteiger partial charge in [-0.15, -0.1) is 0 Å². The van der Waals surface area contributed by atoms with Crippen LogP contribution in [0.3, 0.4) is 0 Å². The van der Waals surface area contributed by atoms with Crippen molar-refractivity contribution in [3.05, 3.63) is 0 Å². The van der Waals surface area contributed by atoms with E-state index in [0.717, 1.165) is 0 Å². The van der Waals surface area contributed by atoms with Gasteiger partial charge >= 0.3 is 23.0 Å². The second-order valence-corrected chi connectivity index (χ2v) is 2.43. The van der Waals surface area contributed by atoms with Crippen LogP contribution in [0.4, 0.5) is 0 Å². The summed E-state index contributed by atoms with van der Waals surface area (Å²) in [4.78, 5) is 30.2. The Balaban J connectivity index is -0.000000720. The topological polar surface area (TPSA) is 173 Å². The minimum absolute atomic E-state index is 0. The summed E-state index contributed by atoms with van der Waals surface area (Å²) in [5.41, 5.74) is -2.86. The molecular weight excluding hydrogens is 254 g/mol. The Morgan fingerprint density at radius 3 is 1.47 bits per heavy atom. The molecule has 0 fully saturated rings. The molecule has 0 aromatic rings. The molecule has 0 saturated carbocycles. The number of carboxylic acids is 3. The third-order valence-corrected chi connectivity index (χ3v) is 1.27. The van der Waals surface area contributed by atoms with E-state index in [9.17, 15) is 24.6 Å². The summed E-state index contributed by atoms with van der Waals surface area (Å²) in [6.45, 7) is 0. The summed E-state index contributed by atoms with van der Waals surface area (Å²) in [5.74, 6) is -5.65. The molecule has 0 heterocycles. The van der Waals surface area contributed by atoms with Crippen LogP contribution in [0.2, 0.25) is 0 Å². The van der Waals surface area contributed by atoms with Gasteiger partial charge in [0.05, 0.1) is 0 Å². The second kappa shape index (κ2) is 7.18. The maximum atomic E-state index is 10.3. The molecule has 15 heavy (non-hydrogen) atoms. The fraction of sp³-hybridized carbons (Fsp3) is 0.500. The SMILES string of the molecule is N.O=C([O-])CC(O)(CC(=O)[O-])C(=O)O.[Fe+2]. The minimum atomic E-state index is -2.86. The number of aliphatic hydroxyl groups is 1. The maximum Gasteiger partial charge on any atom is 2.00 e. The van der Waals surface area contributed by atoms with Crippen molar-refractivity contribution in [3.8, 4) is 0 Å². The first kappa shape index (κ1) is 19.4. The van der Waals surface area contributed by atoms with Crippen LogP contribution in [0, 0.1) is 0 Å². The van der Waals surface area contributed by atoms with Gasteiger partial charge in [0.15, 0.2) is 5.60 Å². The van der Waals surface area contributed by atoms with Crippen LogP contribution in [0.5, 0.6) is 0 Å². The van der Waals surface area contributed by atoms with E-state index in [1.807, 2.05) is 0 Å². The van der Waals surface area contributed by atoms with Crippen LogP contribution in [-0.4, -0.2) is 33.7 Å². The predicted octanol–water partition coefficient (Wildman–Crippen LogP) is -3.76. The zero-order valence-corrected chi connectivity index (χ0v) is 8.51. The Labute approximate surface area is 95.0 Å². The Hall–Kier alpha value is -1.15. The predicted molar refractivity (Wildman–Crippen MR) is 36.9 cm³/mol. The van der Waals surface area contributed by atoms with E-state index in [1.54, 1.807) is 0 Å². The Morgan fingerprint density at radius 2 is 1.33 bits per heavy atom. The van der Waals surface area contributed by atoms with E-state index in [2.05, 4.69) is 0 Å². The Bertz CT molecular complexity index is 238. The molecule has 0 amide bonds. The zero-order valence-electron chi connectivity index (χ0n) is 7.41. The smallest absolute Gasteiger partial charge is 0.550 e. The number of rotatable bonds is 5. The van der Waals surface area contributed by atoms with Gasteiger partial charge in [0.2, 0.25) is 0 Å². The van der Waals surface area contributed by atoms with Gasteiger partial charge in [-0.1, -0.05) is 0 Å². The molecule has 0 saturated heterocycles. The molecule has 0 unspecified atom stereocenters. The maximum absolute atomic E-state index is 10.3. The first-order chi connectivity index (χ1) is 5.78. The number of hydrogen-bond acceptors (Lipinski definition) is 7. The summed E-state index contributed by atoms with van der Waals surface area (Å²) in [6.07, 6.45) is -2.59. The molecule has 0 aliphatic heterocycles. The van der Waals surface area contributed by atoms with Crippen molar-refractivity contribution in [2.45, 2.75) is 18.4 Å². The molecule has 9 heteroatoms. The zero-order chi connectivity index (χ0) is 10.6. The monoisotopic (exact) mass is 263 g/mol. The largest absolute Gasteiger partial charge is 2.00 e. The Morgan fingerprint density at radius 1 is 1.07 bits per heavy atom. The second-order valence-electron chi connectivity index (χ2n) is 2.43. The Kier molecular flexibility index (Phi) is 9.30. The van der Waals surface area contributed by atoms with Crippen LogP contribution in [0.25, 0.3) is 0 Å². The average molecular weight is 263 g/mol. The van der Waals surface area contributed by atoms with Crippen LogP contribution < -0.4 is 16.4 Å². The van der Waals surface area contributed by atoms with Crippen molar-refractivity contribution in [2.75, 3.05) is 0 Å². The third kappa shape index (κ3) is 6.86. The van der Waals surface area contributed by atoms with E-state index in [4.69, 9.17) is 10.2 Å². The quantitative estimate of drug-likeness (QED) is 0.424. The van der Waals surface area contributed by atoms with Gasteiger partial charge in [0.25, 0.3) is 0 Å². The van der Waals surface area contributed by atoms with Crippen molar-refractivity contribution < 1.29 is 51.9 Å². The van der Waals surface area contributed by atoms with Crippen molar-refractivity contribution in [2.24, 2.45) is 0 Å². The normalized spacial score (nSPS) is 9.40. The molecule has 8 nitrogen and oxygen atoms in total. The number of carbonyl (C=O) groups excluding carboxylic acids is 2. The summed E-state index contributed by atoms with van der Waals surface area (Å²) in [7, 11) is 0. The van der Waals surface area contributed by atoms with Gasteiger partial charge in [0, 0.05) is 24.8 Å². The van der Waals surface area contributed by atoms with E-state index in [-0.39, 0.29) is 23.2 Å². The molecule has 0 spiro atoms. The molecule has 0 radical (unpaired) electrons. The third-order valence-electron chi connectivity index (χ3n) is 1.27. The van der Waals surface area contributed by atoms with Gasteiger partial charge in [-0.2, -0.15) is 0 Å². The number of carbonyl (C=O) groups is 3. The van der Waals surface area contributed by atoms with E-state index in [1.165, 1.54) is 0 Å². The molecular formula is C6H9FeNO7. The first-order valence-electron chi connectivity index (χ1n) is 3.13. The molecule has 5 N–H and O–H groups in total. The van der Waals surface area contributed by atoms with E-state index in [0.29, 0.717) is 0 Å². The number of carboxylic acid groups (broad SMARTS) is 3. The van der Waals surface area contributed by atoms with Gasteiger partial charge in [-0.05, 0) is 0 Å². The van der Waals surface area contributed by atoms with Crippen molar-refractivity contribution in [1.29, 1.82) is 0 Å². The number of hydrogen-bond donors (Lipinski definition) is 3. The average Bonchev–Trinajstić information content (AvgIpc) is 1.82. The summed E-state index contributed by atoms with van der Waals surface area (Å²) >= 11 is 0. The minimum Gasteiger partial charge on any atom is -0.550 e. The van der Waals surface area contributed by atoms with Crippen molar-refractivity contribution >= 4 is 17.9 Å². The summed E-state index contributed by atoms with van der Waals surface area (Å²) in [6, 6.07) is 0. The molecule has 0 atom stereocenters. The van der Waals surface area contributed by atoms with Crippen molar-refractivity contribution in [1.82, 2.24) is 6.15 Å². The fourth-order valence-corrected chi connectivity index (χ4v) is 0.691. The fourth-order valence-electron chi connectivity index (χ4n) is 0.691. The molecule has 0 aliphatic rings. The van der Waals surface area contributed by atoms with Crippen LogP contribution in [-0.2, 0) is 31.5 Å². The van der Waals surface area contributed by atoms with Gasteiger partial charge in [-0.3, -0.25) is 0 Å². The van der Waals surface area contributed by atoms with Crippen molar-refractivity contribution in [3.63, 3.8) is 0 Å². The molecule has 0 rings (SSSR count). The molecule has 0 aromatic heterocycles. The van der Waals surface area contributed by atoms with Gasteiger partial charge in [0.1, 0.15) is 0 Å². The molecule has 0 aromatic carbocycles. The molecule has 0 bridgehead atoms. The molecule has 88 valence electrons. The summed E-state index contributed by atoms with van der Waals surface area (Å²) < 4.78 is 0. The van der Waals surface area contributed by atoms with Crippen LogP contribution >= 0.6 is 0 Å². The first-order valence-corrected chi connectivity index (χ1v) is 3.13. The van der Waals surface area contributed by atoms with Gasteiger partial charge in [-0.25, -0.2) is 4.79 Å². The number of aliphatic carboxylic acids is 3. The van der Waals surface area contributed by atoms with Gasteiger partial charge < -0.3 is 36.2 Å². The van der Waals surface area contributed by atoms with Crippen LogP contribution in [0.1, 0.15) is 12.8 Å². The standard InChI is InChI=1S/C6H8O7.Fe.H3N/c7-3(8)1-6(13,5(11)12)2-4(9)10;;/h13H,1-2H2,(H,7,8)(H,9,10)(H,11,12);;1H3/q;+2;/p-2. The van der Waals surface area contributed by atoms with E-state index < -0.39 is 36.4 Å².